The molecule has 0 radical (unpaired) electrons. The van der Waals surface area contributed by atoms with Gasteiger partial charge in [-0.15, -0.1) is 0 Å². The van der Waals surface area contributed by atoms with Gasteiger partial charge >= 0.3 is 0 Å². The zero-order valence-electron chi connectivity index (χ0n) is 49.7. The number of phosphoric acid groups is 1. The first kappa shape index (κ1) is 72.9. The van der Waals surface area contributed by atoms with Crippen LogP contribution in [0.25, 0.3) is 0 Å². The summed E-state index contributed by atoms with van der Waals surface area (Å²) in [4.78, 5) is 25.5. The van der Waals surface area contributed by atoms with Crippen LogP contribution >= 0.6 is 7.82 Å². The molecule has 9 heteroatoms. The maximum Gasteiger partial charge on any atom is 0.268 e. The molecule has 0 fully saturated rings. The van der Waals surface area contributed by atoms with E-state index in [9.17, 15) is 19.4 Å². The number of phosphoric ester groups is 1. The van der Waals surface area contributed by atoms with Gasteiger partial charge in [0, 0.05) is 6.42 Å². The Labute approximate surface area is 469 Å². The lowest BCUT2D eigenvalue weighted by molar-refractivity contribution is -0.870. The highest BCUT2D eigenvalue weighted by Crippen LogP contribution is 2.38. The molecule has 0 saturated carbocycles. The van der Waals surface area contributed by atoms with Crippen molar-refractivity contribution in [2.24, 2.45) is 0 Å². The summed E-state index contributed by atoms with van der Waals surface area (Å²) in [5.41, 5.74) is 0. The standard InChI is InChI=1S/C67H117N2O6P/c1-6-8-10-12-14-16-18-20-22-24-26-28-30-32-33-34-35-37-38-40-42-44-46-48-50-52-54-56-58-60-66(70)65(64-75-76(72,73)74-63-62-69(3,4)5)68-67(71)61-59-57-55-53-51-49-47-45-43-41-39-36-31-29-27-25-23-21-19-17-15-13-11-9-7-2/h9,11,15,17,21,23,27,29,36,39,42-45,49-52,58,60,65-66,70H,6-8,10,12-14,16,18-20,22,24-26,28,30-35,37-38,40-41,46-48,53-57,59,61-64H2,1-5H3,(H-,68,71,72,73)/b11-9-,17-15-,23-21-,29-27-,39-36-,44-42+,45-43-,51-49-,52-50+,60-58+. The van der Waals surface area contributed by atoms with Crippen molar-refractivity contribution in [2.75, 3.05) is 40.9 Å². The van der Waals surface area contributed by atoms with E-state index in [0.29, 0.717) is 23.9 Å². The number of quaternary nitrogens is 1. The molecule has 436 valence electrons. The average molecular weight is 1080 g/mol. The second-order valence-corrected chi connectivity index (χ2v) is 23.1. The van der Waals surface area contributed by atoms with Crippen LogP contribution in [0.4, 0.5) is 0 Å². The van der Waals surface area contributed by atoms with Gasteiger partial charge in [0.15, 0.2) is 0 Å². The first-order valence-corrected chi connectivity index (χ1v) is 32.4. The van der Waals surface area contributed by atoms with E-state index in [-0.39, 0.29) is 18.9 Å². The zero-order chi connectivity index (χ0) is 55.6. The molecule has 0 aromatic rings. The molecule has 0 aliphatic carbocycles. The second-order valence-electron chi connectivity index (χ2n) is 21.7. The van der Waals surface area contributed by atoms with Crippen molar-refractivity contribution < 1.29 is 32.9 Å². The number of hydrogen-bond acceptors (Lipinski definition) is 6. The summed E-state index contributed by atoms with van der Waals surface area (Å²) < 4.78 is 23.3. The van der Waals surface area contributed by atoms with E-state index in [1.807, 2.05) is 27.2 Å². The smallest absolute Gasteiger partial charge is 0.268 e. The van der Waals surface area contributed by atoms with Gasteiger partial charge in [-0.3, -0.25) is 9.36 Å². The van der Waals surface area contributed by atoms with Crippen LogP contribution in [-0.2, 0) is 18.4 Å². The minimum Gasteiger partial charge on any atom is -0.756 e. The number of amides is 1. The molecule has 0 aliphatic rings. The van der Waals surface area contributed by atoms with Gasteiger partial charge in [0.05, 0.1) is 39.9 Å². The predicted octanol–water partition coefficient (Wildman–Crippen LogP) is 18.7. The van der Waals surface area contributed by atoms with Crippen LogP contribution < -0.4 is 10.2 Å². The van der Waals surface area contributed by atoms with Gasteiger partial charge in [-0.1, -0.05) is 257 Å². The molecule has 0 bridgehead atoms. The highest BCUT2D eigenvalue weighted by Gasteiger charge is 2.23. The summed E-state index contributed by atoms with van der Waals surface area (Å²) in [5, 5.41) is 13.9. The lowest BCUT2D eigenvalue weighted by atomic mass is 10.0. The molecule has 0 saturated heterocycles. The fourth-order valence-corrected chi connectivity index (χ4v) is 9.06. The van der Waals surface area contributed by atoms with Gasteiger partial charge in [-0.2, -0.15) is 0 Å². The Kier molecular flexibility index (Phi) is 54.3. The largest absolute Gasteiger partial charge is 0.756 e. The van der Waals surface area contributed by atoms with E-state index in [2.05, 4.69) is 129 Å². The van der Waals surface area contributed by atoms with Crippen molar-refractivity contribution in [2.45, 2.75) is 257 Å². The number of allylic oxidation sites excluding steroid dienone is 19. The average Bonchev–Trinajstić information content (AvgIpc) is 3.38. The third-order valence-corrected chi connectivity index (χ3v) is 14.1. The number of nitrogens with zero attached hydrogens (tertiary/aromatic N) is 1. The van der Waals surface area contributed by atoms with Crippen LogP contribution in [0.2, 0.25) is 0 Å². The Balaban J connectivity index is 4.34. The Hall–Kier alpha value is -3.10. The quantitative estimate of drug-likeness (QED) is 0.0272. The molecule has 76 heavy (non-hydrogen) atoms. The Bertz CT molecular complexity index is 1650. The van der Waals surface area contributed by atoms with Crippen molar-refractivity contribution >= 4 is 13.7 Å². The van der Waals surface area contributed by atoms with Crippen LogP contribution in [0.5, 0.6) is 0 Å². The number of hydrogen-bond donors (Lipinski definition) is 2. The van der Waals surface area contributed by atoms with Crippen LogP contribution in [0.1, 0.15) is 245 Å². The highest BCUT2D eigenvalue weighted by atomic mass is 31.2. The van der Waals surface area contributed by atoms with Crippen LogP contribution in [0.3, 0.4) is 0 Å². The van der Waals surface area contributed by atoms with E-state index in [1.165, 1.54) is 128 Å². The fraction of sp³-hybridized carbons (Fsp3) is 0.687. The summed E-state index contributed by atoms with van der Waals surface area (Å²) >= 11 is 0. The fourth-order valence-electron chi connectivity index (χ4n) is 8.34. The third-order valence-electron chi connectivity index (χ3n) is 13.1. The van der Waals surface area contributed by atoms with Gasteiger partial charge < -0.3 is 28.8 Å². The SMILES string of the molecule is CC/C=C\C/C=C\C/C=C\C/C=C\C/C=C\C/C=C\C/C=C\CCCCCC(=O)NC(COP(=O)([O-])OCC[N+](C)(C)C)C(O)/C=C/CC/C=C/CC/C=C/CCCCCCCCCCCCCCCCCCCCC. The molecule has 3 atom stereocenters. The van der Waals surface area contributed by atoms with E-state index < -0.39 is 26.6 Å². The van der Waals surface area contributed by atoms with Gasteiger partial charge in [-0.25, -0.2) is 0 Å². The molecule has 0 rings (SSSR count). The molecular weight excluding hydrogens is 960 g/mol. The molecule has 3 unspecified atom stereocenters. The number of carbonyl (C=O) groups excluding carboxylic acids is 1. The lowest BCUT2D eigenvalue weighted by Crippen LogP contribution is -2.45. The molecule has 0 aromatic heterocycles. The van der Waals surface area contributed by atoms with Crippen molar-refractivity contribution in [3.8, 4) is 0 Å². The van der Waals surface area contributed by atoms with Crippen molar-refractivity contribution in [3.05, 3.63) is 122 Å². The van der Waals surface area contributed by atoms with E-state index in [4.69, 9.17) is 9.05 Å². The molecule has 0 aromatic carbocycles. The van der Waals surface area contributed by atoms with Crippen LogP contribution in [-0.4, -0.2) is 68.5 Å². The zero-order valence-corrected chi connectivity index (χ0v) is 50.6. The van der Waals surface area contributed by atoms with Crippen LogP contribution in [0.15, 0.2) is 122 Å². The summed E-state index contributed by atoms with van der Waals surface area (Å²) in [6.07, 6.45) is 84.4. The number of likely N-dealkylation sites (N-methyl/N-ethyl adjacent to an activating group) is 1. The van der Waals surface area contributed by atoms with Gasteiger partial charge in [0.25, 0.3) is 7.82 Å². The number of carbonyl (C=O) groups is 1. The summed E-state index contributed by atoms with van der Waals surface area (Å²) in [5.74, 6) is -0.247. The minimum absolute atomic E-state index is 0.0229. The van der Waals surface area contributed by atoms with Crippen molar-refractivity contribution in [1.29, 1.82) is 0 Å². The Morgan fingerprint density at radius 1 is 0.474 bits per heavy atom. The van der Waals surface area contributed by atoms with Gasteiger partial charge in [0.2, 0.25) is 5.91 Å². The number of aliphatic hydroxyl groups excluding tert-OH is 1. The molecule has 8 nitrogen and oxygen atoms in total. The summed E-state index contributed by atoms with van der Waals surface area (Å²) in [7, 11) is 1.19. The molecule has 0 spiro atoms. The number of rotatable bonds is 55. The van der Waals surface area contributed by atoms with Crippen molar-refractivity contribution in [1.82, 2.24) is 5.32 Å². The third kappa shape index (κ3) is 58.6. The Morgan fingerprint density at radius 2 is 0.816 bits per heavy atom. The van der Waals surface area contributed by atoms with Gasteiger partial charge in [-0.05, 0) is 103 Å². The van der Waals surface area contributed by atoms with Crippen LogP contribution in [0, 0.1) is 0 Å². The number of unbranched alkanes of at least 4 members (excludes halogenated alkanes) is 24. The Morgan fingerprint density at radius 3 is 1.22 bits per heavy atom. The molecule has 2 N–H and O–H groups in total. The van der Waals surface area contributed by atoms with Gasteiger partial charge in [0.1, 0.15) is 13.2 Å². The number of aliphatic hydroxyl groups is 1. The topological polar surface area (TPSA) is 108 Å². The number of nitrogens with one attached hydrogen (secondary N) is 1. The van der Waals surface area contributed by atoms with E-state index in [1.54, 1.807) is 6.08 Å². The van der Waals surface area contributed by atoms with E-state index >= 15 is 0 Å². The predicted molar refractivity (Wildman–Crippen MR) is 329 cm³/mol. The maximum atomic E-state index is 13.0. The second kappa shape index (κ2) is 56.6. The minimum atomic E-state index is -4.63. The molecule has 0 heterocycles. The molecule has 1 amide bonds. The summed E-state index contributed by atoms with van der Waals surface area (Å²) in [6, 6.07) is -0.939. The first-order valence-electron chi connectivity index (χ1n) is 30.9. The molecule has 0 aliphatic heterocycles. The molecular formula is C67H117N2O6P. The van der Waals surface area contributed by atoms with Crippen molar-refractivity contribution in [3.63, 3.8) is 0 Å². The lowest BCUT2D eigenvalue weighted by Gasteiger charge is -2.29. The maximum absolute atomic E-state index is 13.0. The normalized spacial score (nSPS) is 14.7. The summed E-state index contributed by atoms with van der Waals surface area (Å²) in [6.45, 7) is 4.48. The van der Waals surface area contributed by atoms with E-state index in [0.717, 1.165) is 83.5 Å². The monoisotopic (exact) mass is 1080 g/mol. The highest BCUT2D eigenvalue weighted by molar-refractivity contribution is 7.45. The first-order chi connectivity index (χ1) is 37.0.